The minimum Gasteiger partial charge on any atom is -0.353 e. The second-order valence-corrected chi connectivity index (χ2v) is 5.97. The number of rotatable bonds is 5. The van der Waals surface area contributed by atoms with Crippen LogP contribution in [0, 0.1) is 0 Å². The molecule has 21 heavy (non-hydrogen) atoms. The first-order valence-electron chi connectivity index (χ1n) is 7.12. The Morgan fingerprint density at radius 3 is 2.67 bits per heavy atom. The van der Waals surface area contributed by atoms with Crippen LogP contribution in [-0.4, -0.2) is 49.4 Å². The van der Waals surface area contributed by atoms with Crippen LogP contribution in [0.15, 0.2) is 28.7 Å². The van der Waals surface area contributed by atoms with Crippen LogP contribution in [0.2, 0.25) is 0 Å². The maximum absolute atomic E-state index is 12.5. The largest absolute Gasteiger partial charge is 0.353 e. The molecule has 0 radical (unpaired) electrons. The molecule has 1 aliphatic heterocycles. The van der Waals surface area contributed by atoms with Crippen molar-refractivity contribution in [2.75, 3.05) is 26.7 Å². The molecule has 2 amide bonds. The van der Waals surface area contributed by atoms with E-state index in [4.69, 9.17) is 0 Å². The number of hydrogen-bond donors (Lipinski definition) is 2. The van der Waals surface area contributed by atoms with Crippen molar-refractivity contribution in [3.8, 4) is 0 Å². The predicted octanol–water partition coefficient (Wildman–Crippen LogP) is 1.39. The first kappa shape index (κ1) is 16.0. The SMILES string of the molecule is CNCCNC(=O)C1CCCN1C(=O)c1ccc(Br)cc1. The van der Waals surface area contributed by atoms with Crippen molar-refractivity contribution in [3.05, 3.63) is 34.3 Å². The molecule has 1 heterocycles. The summed E-state index contributed by atoms with van der Waals surface area (Å²) >= 11 is 3.35. The second kappa shape index (κ2) is 7.56. The fourth-order valence-electron chi connectivity index (χ4n) is 2.47. The molecule has 1 saturated heterocycles. The van der Waals surface area contributed by atoms with Crippen LogP contribution < -0.4 is 10.6 Å². The fourth-order valence-corrected chi connectivity index (χ4v) is 2.73. The van der Waals surface area contributed by atoms with Crippen molar-refractivity contribution in [2.45, 2.75) is 18.9 Å². The van der Waals surface area contributed by atoms with E-state index in [9.17, 15) is 9.59 Å². The summed E-state index contributed by atoms with van der Waals surface area (Å²) in [6.45, 7) is 1.93. The quantitative estimate of drug-likeness (QED) is 0.786. The normalized spacial score (nSPS) is 17.8. The van der Waals surface area contributed by atoms with Gasteiger partial charge in [0.15, 0.2) is 0 Å². The molecule has 1 aromatic carbocycles. The molecular formula is C15H20BrN3O2. The molecule has 2 rings (SSSR count). The molecule has 2 N–H and O–H groups in total. The highest BCUT2D eigenvalue weighted by Gasteiger charge is 2.34. The summed E-state index contributed by atoms with van der Waals surface area (Å²) in [6, 6.07) is 6.89. The van der Waals surface area contributed by atoms with Gasteiger partial charge in [0.05, 0.1) is 0 Å². The first-order valence-corrected chi connectivity index (χ1v) is 7.91. The Labute approximate surface area is 133 Å². The minimum absolute atomic E-state index is 0.0618. The van der Waals surface area contributed by atoms with E-state index in [1.165, 1.54) is 0 Å². The second-order valence-electron chi connectivity index (χ2n) is 5.06. The zero-order valence-electron chi connectivity index (χ0n) is 12.1. The average Bonchev–Trinajstić information content (AvgIpc) is 2.97. The summed E-state index contributed by atoms with van der Waals surface area (Å²) in [6.07, 6.45) is 1.60. The Hall–Kier alpha value is -1.40. The molecule has 6 heteroatoms. The number of nitrogens with zero attached hydrogens (tertiary/aromatic N) is 1. The van der Waals surface area contributed by atoms with Gasteiger partial charge >= 0.3 is 0 Å². The third-order valence-corrected chi connectivity index (χ3v) is 4.11. The number of likely N-dealkylation sites (N-methyl/N-ethyl adjacent to an activating group) is 1. The lowest BCUT2D eigenvalue weighted by Crippen LogP contribution is -2.47. The third-order valence-electron chi connectivity index (χ3n) is 3.58. The van der Waals surface area contributed by atoms with Gasteiger partial charge in [-0.15, -0.1) is 0 Å². The summed E-state index contributed by atoms with van der Waals surface area (Å²) in [7, 11) is 1.84. The summed E-state index contributed by atoms with van der Waals surface area (Å²) in [5.41, 5.74) is 0.619. The number of carbonyl (C=O) groups excluding carboxylic acids is 2. The van der Waals surface area contributed by atoms with Crippen molar-refractivity contribution < 1.29 is 9.59 Å². The van der Waals surface area contributed by atoms with Crippen LogP contribution in [0.3, 0.4) is 0 Å². The van der Waals surface area contributed by atoms with Gasteiger partial charge in [-0.2, -0.15) is 0 Å². The van der Waals surface area contributed by atoms with Gasteiger partial charge in [-0.25, -0.2) is 0 Å². The van der Waals surface area contributed by atoms with Gasteiger partial charge < -0.3 is 15.5 Å². The molecule has 5 nitrogen and oxygen atoms in total. The van der Waals surface area contributed by atoms with E-state index >= 15 is 0 Å². The zero-order chi connectivity index (χ0) is 15.2. The molecule has 0 saturated carbocycles. The summed E-state index contributed by atoms with van der Waals surface area (Å²) in [5.74, 6) is -0.137. The highest BCUT2D eigenvalue weighted by Crippen LogP contribution is 2.21. The molecule has 0 aromatic heterocycles. The number of halogens is 1. The lowest BCUT2D eigenvalue weighted by Gasteiger charge is -2.24. The predicted molar refractivity (Wildman–Crippen MR) is 85.1 cm³/mol. The van der Waals surface area contributed by atoms with E-state index in [1.54, 1.807) is 17.0 Å². The van der Waals surface area contributed by atoms with E-state index in [2.05, 4.69) is 26.6 Å². The summed E-state index contributed by atoms with van der Waals surface area (Å²) in [5, 5.41) is 5.85. The Morgan fingerprint density at radius 1 is 1.29 bits per heavy atom. The van der Waals surface area contributed by atoms with E-state index < -0.39 is 0 Å². The highest BCUT2D eigenvalue weighted by atomic mass is 79.9. The number of likely N-dealkylation sites (tertiary alicyclic amines) is 1. The molecule has 0 aliphatic carbocycles. The van der Waals surface area contributed by atoms with E-state index in [0.29, 0.717) is 18.7 Å². The molecule has 1 aliphatic rings. The first-order chi connectivity index (χ1) is 10.1. The van der Waals surface area contributed by atoms with Crippen molar-refractivity contribution in [1.82, 2.24) is 15.5 Å². The zero-order valence-corrected chi connectivity index (χ0v) is 13.6. The van der Waals surface area contributed by atoms with Crippen LogP contribution in [0.25, 0.3) is 0 Å². The van der Waals surface area contributed by atoms with Crippen LogP contribution in [0.1, 0.15) is 23.2 Å². The number of amides is 2. The molecule has 0 spiro atoms. The lowest BCUT2D eigenvalue weighted by atomic mass is 10.1. The van der Waals surface area contributed by atoms with Crippen LogP contribution in [0.5, 0.6) is 0 Å². The van der Waals surface area contributed by atoms with E-state index in [-0.39, 0.29) is 17.9 Å². The average molecular weight is 354 g/mol. The number of hydrogen-bond acceptors (Lipinski definition) is 3. The molecule has 1 atom stereocenters. The number of nitrogens with one attached hydrogen (secondary N) is 2. The molecule has 114 valence electrons. The smallest absolute Gasteiger partial charge is 0.254 e. The van der Waals surface area contributed by atoms with Gasteiger partial charge in [0.25, 0.3) is 5.91 Å². The Balaban J connectivity index is 2.02. The van der Waals surface area contributed by atoms with Gasteiger partial charge in [0, 0.05) is 29.7 Å². The van der Waals surface area contributed by atoms with Crippen molar-refractivity contribution in [1.29, 1.82) is 0 Å². The summed E-state index contributed by atoms with van der Waals surface area (Å²) < 4.78 is 0.932. The van der Waals surface area contributed by atoms with Gasteiger partial charge in [-0.1, -0.05) is 15.9 Å². The number of carbonyl (C=O) groups is 2. The maximum atomic E-state index is 12.5. The van der Waals surface area contributed by atoms with Gasteiger partial charge in [0.1, 0.15) is 6.04 Å². The topological polar surface area (TPSA) is 61.4 Å². The van der Waals surface area contributed by atoms with Crippen molar-refractivity contribution in [3.63, 3.8) is 0 Å². The maximum Gasteiger partial charge on any atom is 0.254 e. The Bertz CT molecular complexity index is 504. The van der Waals surface area contributed by atoms with Crippen molar-refractivity contribution >= 4 is 27.7 Å². The molecule has 1 aromatic rings. The molecule has 0 bridgehead atoms. The standard InChI is InChI=1S/C15H20BrN3O2/c1-17-8-9-18-14(20)13-3-2-10-19(13)15(21)11-4-6-12(16)7-5-11/h4-7,13,17H,2-3,8-10H2,1H3,(H,18,20). The highest BCUT2D eigenvalue weighted by molar-refractivity contribution is 9.10. The Morgan fingerprint density at radius 2 is 2.00 bits per heavy atom. The molecular weight excluding hydrogens is 334 g/mol. The lowest BCUT2D eigenvalue weighted by molar-refractivity contribution is -0.124. The minimum atomic E-state index is -0.349. The number of benzene rings is 1. The van der Waals surface area contributed by atoms with Gasteiger partial charge in [-0.3, -0.25) is 9.59 Å². The fraction of sp³-hybridized carbons (Fsp3) is 0.467. The van der Waals surface area contributed by atoms with Crippen LogP contribution in [0.4, 0.5) is 0 Å². The molecule has 1 unspecified atom stereocenters. The third kappa shape index (κ3) is 4.04. The van der Waals surface area contributed by atoms with Crippen molar-refractivity contribution in [2.24, 2.45) is 0 Å². The van der Waals surface area contributed by atoms with Crippen LogP contribution >= 0.6 is 15.9 Å². The summed E-state index contributed by atoms with van der Waals surface area (Å²) in [4.78, 5) is 26.4. The Kier molecular flexibility index (Phi) is 5.76. The van der Waals surface area contributed by atoms with Gasteiger partial charge in [0.2, 0.25) is 5.91 Å². The monoisotopic (exact) mass is 353 g/mol. The van der Waals surface area contributed by atoms with Gasteiger partial charge in [-0.05, 0) is 44.2 Å². The van der Waals surface area contributed by atoms with Crippen LogP contribution in [-0.2, 0) is 4.79 Å². The molecule has 1 fully saturated rings. The van der Waals surface area contributed by atoms with E-state index in [1.807, 2.05) is 19.2 Å². The van der Waals surface area contributed by atoms with E-state index in [0.717, 1.165) is 23.9 Å².